The molecule has 0 saturated heterocycles. The second-order valence-electron chi connectivity index (χ2n) is 3.96. The zero-order valence-electron chi connectivity index (χ0n) is 8.39. The van der Waals surface area contributed by atoms with Crippen LogP contribution in [0.15, 0.2) is 21.6 Å². The fourth-order valence-corrected chi connectivity index (χ4v) is 1.91. The van der Waals surface area contributed by atoms with Crippen molar-refractivity contribution < 1.29 is 17.6 Å². The Morgan fingerprint density at radius 2 is 2.13 bits per heavy atom. The number of ketones is 1. The fourth-order valence-electron chi connectivity index (χ4n) is 1.35. The van der Waals surface area contributed by atoms with Gasteiger partial charge in [-0.15, -0.1) is 0 Å². The Balaban J connectivity index is 2.15. The van der Waals surface area contributed by atoms with E-state index in [0.29, 0.717) is 12.3 Å². The van der Waals surface area contributed by atoms with E-state index in [-0.39, 0.29) is 16.6 Å². The van der Waals surface area contributed by atoms with Crippen molar-refractivity contribution in [3.63, 3.8) is 0 Å². The monoisotopic (exact) mass is 228 g/mol. The number of Topliss-reactive ketones (excluding diaryl/α,β-unsaturated/α-hetero) is 1. The molecule has 0 aromatic carbocycles. The molecule has 82 valence electrons. The molecule has 1 aromatic heterocycles. The van der Waals surface area contributed by atoms with Crippen molar-refractivity contribution >= 4 is 15.6 Å². The van der Waals surface area contributed by atoms with Gasteiger partial charge >= 0.3 is 0 Å². The van der Waals surface area contributed by atoms with Gasteiger partial charge in [-0.05, 0) is 30.9 Å². The van der Waals surface area contributed by atoms with Crippen molar-refractivity contribution in [2.24, 2.45) is 5.92 Å². The van der Waals surface area contributed by atoms with Crippen molar-refractivity contribution in [3.8, 4) is 0 Å². The van der Waals surface area contributed by atoms with E-state index in [1.807, 2.05) is 0 Å². The zero-order valence-corrected chi connectivity index (χ0v) is 9.21. The van der Waals surface area contributed by atoms with E-state index in [1.165, 1.54) is 12.1 Å². The predicted molar refractivity (Wildman–Crippen MR) is 53.5 cm³/mol. The third-order valence-corrected chi connectivity index (χ3v) is 3.34. The number of hydrogen-bond acceptors (Lipinski definition) is 4. The molecule has 2 rings (SSSR count). The van der Waals surface area contributed by atoms with Crippen molar-refractivity contribution in [2.45, 2.75) is 24.4 Å². The van der Waals surface area contributed by atoms with Crippen LogP contribution in [0, 0.1) is 5.92 Å². The lowest BCUT2D eigenvalue weighted by molar-refractivity contribution is 0.0944. The second kappa shape index (κ2) is 3.48. The molecule has 15 heavy (non-hydrogen) atoms. The van der Waals surface area contributed by atoms with Crippen LogP contribution >= 0.6 is 0 Å². The highest BCUT2D eigenvalue weighted by Crippen LogP contribution is 2.33. The molecule has 5 heteroatoms. The summed E-state index contributed by atoms with van der Waals surface area (Å²) in [5.41, 5.74) is 0. The summed E-state index contributed by atoms with van der Waals surface area (Å²) in [6.07, 6.45) is 3.70. The molecular formula is C10H12O4S. The summed E-state index contributed by atoms with van der Waals surface area (Å²) >= 11 is 0. The molecule has 1 saturated carbocycles. The lowest BCUT2D eigenvalue weighted by atomic mass is 10.2. The molecule has 0 aliphatic heterocycles. The first-order valence-electron chi connectivity index (χ1n) is 4.80. The highest BCUT2D eigenvalue weighted by molar-refractivity contribution is 7.90. The first-order chi connectivity index (χ1) is 6.97. The van der Waals surface area contributed by atoms with Crippen molar-refractivity contribution in [2.75, 3.05) is 6.26 Å². The number of carbonyl (C=O) groups excluding carboxylic acids is 1. The van der Waals surface area contributed by atoms with Crippen LogP contribution in [0.2, 0.25) is 0 Å². The quantitative estimate of drug-likeness (QED) is 0.735. The largest absolute Gasteiger partial charge is 0.442 e. The number of sulfone groups is 1. The van der Waals surface area contributed by atoms with Crippen LogP contribution < -0.4 is 0 Å². The van der Waals surface area contributed by atoms with E-state index in [2.05, 4.69) is 0 Å². The van der Waals surface area contributed by atoms with Crippen LogP contribution in [0.1, 0.15) is 29.8 Å². The molecule has 0 amide bonds. The second-order valence-corrected chi connectivity index (χ2v) is 5.91. The number of rotatable bonds is 4. The third kappa shape index (κ3) is 2.47. The molecular weight excluding hydrogens is 216 g/mol. The molecule has 0 unspecified atom stereocenters. The van der Waals surface area contributed by atoms with Crippen molar-refractivity contribution in [1.29, 1.82) is 0 Å². The van der Waals surface area contributed by atoms with Gasteiger partial charge in [-0.3, -0.25) is 4.79 Å². The fraction of sp³-hybridized carbons (Fsp3) is 0.500. The summed E-state index contributed by atoms with van der Waals surface area (Å²) in [6.45, 7) is 0. The maximum atomic E-state index is 11.5. The number of carbonyl (C=O) groups is 1. The molecule has 1 aliphatic rings. The minimum Gasteiger partial charge on any atom is -0.442 e. The summed E-state index contributed by atoms with van der Waals surface area (Å²) < 4.78 is 27.2. The van der Waals surface area contributed by atoms with Gasteiger partial charge < -0.3 is 4.42 Å². The van der Waals surface area contributed by atoms with Crippen LogP contribution in [0.25, 0.3) is 0 Å². The molecule has 1 fully saturated rings. The summed E-state index contributed by atoms with van der Waals surface area (Å²) in [4.78, 5) is 11.5. The number of furan rings is 1. The SMILES string of the molecule is CS(=O)(=O)c1ccc(C(=O)CC2CC2)o1. The predicted octanol–water partition coefficient (Wildman–Crippen LogP) is 1.67. The summed E-state index contributed by atoms with van der Waals surface area (Å²) in [5, 5.41) is -0.137. The number of hydrogen-bond donors (Lipinski definition) is 0. The molecule has 0 N–H and O–H groups in total. The van der Waals surface area contributed by atoms with E-state index in [4.69, 9.17) is 4.42 Å². The first kappa shape index (κ1) is 10.4. The van der Waals surface area contributed by atoms with Crippen molar-refractivity contribution in [1.82, 2.24) is 0 Å². The van der Waals surface area contributed by atoms with Gasteiger partial charge in [0.2, 0.25) is 14.9 Å². The smallest absolute Gasteiger partial charge is 0.218 e. The Hall–Kier alpha value is -1.10. The Kier molecular flexibility index (Phi) is 2.42. The van der Waals surface area contributed by atoms with Gasteiger partial charge in [0.25, 0.3) is 0 Å². The highest BCUT2D eigenvalue weighted by atomic mass is 32.2. The average Bonchev–Trinajstić information content (AvgIpc) is 2.80. The molecule has 0 atom stereocenters. The Morgan fingerprint density at radius 1 is 1.47 bits per heavy atom. The van der Waals surface area contributed by atoms with E-state index in [1.54, 1.807) is 0 Å². The van der Waals surface area contributed by atoms with Gasteiger partial charge in [0, 0.05) is 12.7 Å². The average molecular weight is 228 g/mol. The summed E-state index contributed by atoms with van der Waals surface area (Å²) in [7, 11) is -3.35. The van der Waals surface area contributed by atoms with Gasteiger partial charge in [0.05, 0.1) is 0 Å². The van der Waals surface area contributed by atoms with E-state index in [9.17, 15) is 13.2 Å². The molecule has 4 nitrogen and oxygen atoms in total. The summed E-state index contributed by atoms with van der Waals surface area (Å²) in [5.74, 6) is 0.527. The van der Waals surface area contributed by atoms with Crippen LogP contribution in [0.5, 0.6) is 0 Å². The van der Waals surface area contributed by atoms with Gasteiger partial charge in [0.15, 0.2) is 11.5 Å². The van der Waals surface area contributed by atoms with E-state index >= 15 is 0 Å². The third-order valence-electron chi connectivity index (χ3n) is 2.39. The molecule has 0 spiro atoms. The van der Waals surface area contributed by atoms with Crippen LogP contribution in [0.3, 0.4) is 0 Å². The maximum Gasteiger partial charge on any atom is 0.218 e. The molecule has 0 radical (unpaired) electrons. The Bertz CT molecular complexity index is 479. The van der Waals surface area contributed by atoms with Crippen molar-refractivity contribution in [3.05, 3.63) is 17.9 Å². The molecule has 1 heterocycles. The van der Waals surface area contributed by atoms with Crippen LogP contribution in [-0.2, 0) is 9.84 Å². The highest BCUT2D eigenvalue weighted by Gasteiger charge is 2.26. The molecule has 1 aromatic rings. The normalized spacial score (nSPS) is 16.6. The molecule has 0 bridgehead atoms. The minimum atomic E-state index is -3.35. The maximum absolute atomic E-state index is 11.5. The van der Waals surface area contributed by atoms with Gasteiger partial charge in [-0.1, -0.05) is 0 Å². The van der Waals surface area contributed by atoms with Gasteiger partial charge in [0.1, 0.15) is 0 Å². The first-order valence-corrected chi connectivity index (χ1v) is 6.69. The lowest BCUT2D eigenvalue weighted by Gasteiger charge is -1.94. The lowest BCUT2D eigenvalue weighted by Crippen LogP contribution is -1.98. The van der Waals surface area contributed by atoms with Crippen LogP contribution in [-0.4, -0.2) is 20.5 Å². The minimum absolute atomic E-state index is 0.104. The molecule has 1 aliphatic carbocycles. The standard InChI is InChI=1S/C10H12O4S/c1-15(12,13)10-5-4-9(14-10)8(11)6-7-2-3-7/h4-5,7H,2-3,6H2,1H3. The van der Waals surface area contributed by atoms with Crippen LogP contribution in [0.4, 0.5) is 0 Å². The Labute approximate surface area is 88.2 Å². The Morgan fingerprint density at radius 3 is 2.60 bits per heavy atom. The van der Waals surface area contributed by atoms with E-state index < -0.39 is 9.84 Å². The van der Waals surface area contributed by atoms with Gasteiger partial charge in [-0.2, -0.15) is 0 Å². The summed E-state index contributed by atoms with van der Waals surface area (Å²) in [6, 6.07) is 2.76. The topological polar surface area (TPSA) is 64.3 Å². The van der Waals surface area contributed by atoms with Gasteiger partial charge in [-0.25, -0.2) is 8.42 Å². The van der Waals surface area contributed by atoms with E-state index in [0.717, 1.165) is 19.1 Å². The zero-order chi connectivity index (χ0) is 11.1.